The van der Waals surface area contributed by atoms with E-state index in [1.807, 2.05) is 0 Å². The minimum atomic E-state index is -3.54. The zero-order valence-corrected chi connectivity index (χ0v) is 12.2. The molecule has 1 aromatic carbocycles. The number of benzene rings is 1. The van der Waals surface area contributed by atoms with Gasteiger partial charge in [-0.1, -0.05) is 12.1 Å². The number of hydrogen-bond acceptors (Lipinski definition) is 5. The van der Waals surface area contributed by atoms with Gasteiger partial charge in [0, 0.05) is 19.8 Å². The molecule has 1 aliphatic carbocycles. The minimum absolute atomic E-state index is 0.154. The van der Waals surface area contributed by atoms with Crippen LogP contribution in [0.3, 0.4) is 0 Å². The monoisotopic (exact) mass is 299 g/mol. The Hall–Kier alpha value is -1.15. The first-order valence-electron chi connectivity index (χ1n) is 6.76. The van der Waals surface area contributed by atoms with Gasteiger partial charge < -0.3 is 10.2 Å². The number of nitrogens with two attached hydrogens (primary N) is 1. The van der Waals surface area contributed by atoms with Gasteiger partial charge >= 0.3 is 0 Å². The first kappa shape index (κ1) is 15.2. The lowest BCUT2D eigenvalue weighted by Gasteiger charge is -2.10. The number of ether oxygens (including phenoxy) is 1. The molecule has 1 saturated carbocycles. The smallest absolute Gasteiger partial charge is 0.242 e. The van der Waals surface area contributed by atoms with Crippen molar-refractivity contribution in [3.05, 3.63) is 24.3 Å². The van der Waals surface area contributed by atoms with E-state index in [1.54, 1.807) is 18.2 Å². The molecule has 0 heterocycles. The van der Waals surface area contributed by atoms with Crippen molar-refractivity contribution in [1.82, 2.24) is 4.72 Å². The lowest BCUT2D eigenvalue weighted by Crippen LogP contribution is -2.27. The van der Waals surface area contributed by atoms with Crippen LogP contribution in [0.25, 0.3) is 0 Å². The molecule has 0 saturated heterocycles. The van der Waals surface area contributed by atoms with Crippen LogP contribution in [0.15, 0.2) is 29.2 Å². The van der Waals surface area contributed by atoms with Gasteiger partial charge in [-0.25, -0.2) is 13.1 Å². The first-order chi connectivity index (χ1) is 9.63. The van der Waals surface area contributed by atoms with Gasteiger partial charge in [0.15, 0.2) is 0 Å². The lowest BCUT2D eigenvalue weighted by molar-refractivity contribution is 0.123. The van der Waals surface area contributed by atoms with Crippen molar-refractivity contribution in [2.45, 2.75) is 24.2 Å². The summed E-state index contributed by atoms with van der Waals surface area (Å²) >= 11 is 0. The van der Waals surface area contributed by atoms with Gasteiger partial charge in [-0.15, -0.1) is 0 Å². The van der Waals surface area contributed by atoms with E-state index in [-0.39, 0.29) is 4.90 Å². The fourth-order valence-electron chi connectivity index (χ4n) is 1.81. The summed E-state index contributed by atoms with van der Waals surface area (Å²) in [4.78, 5) is 0.154. The van der Waals surface area contributed by atoms with E-state index < -0.39 is 10.0 Å². The van der Waals surface area contributed by atoms with Crippen LogP contribution in [-0.2, 0) is 14.8 Å². The molecule has 1 aromatic rings. The number of hydrazine groups is 1. The van der Waals surface area contributed by atoms with Crippen LogP contribution in [0, 0.1) is 5.92 Å². The summed E-state index contributed by atoms with van der Waals surface area (Å²) in [5, 5.41) is 0. The summed E-state index contributed by atoms with van der Waals surface area (Å²) in [5.41, 5.74) is 2.77. The number of sulfonamides is 1. The molecule has 4 N–H and O–H groups in total. The summed E-state index contributed by atoms with van der Waals surface area (Å²) in [6.07, 6.45) is 3.18. The zero-order chi connectivity index (χ0) is 14.4. The van der Waals surface area contributed by atoms with Crippen LogP contribution in [0.4, 0.5) is 5.69 Å². The van der Waals surface area contributed by atoms with Gasteiger partial charge in [0.25, 0.3) is 0 Å². The Kier molecular flexibility index (Phi) is 5.36. The van der Waals surface area contributed by atoms with Crippen LogP contribution >= 0.6 is 0 Å². The van der Waals surface area contributed by atoms with Crippen molar-refractivity contribution in [3.8, 4) is 0 Å². The van der Waals surface area contributed by atoms with E-state index in [9.17, 15) is 8.42 Å². The molecule has 112 valence electrons. The van der Waals surface area contributed by atoms with Crippen LogP contribution < -0.4 is 16.0 Å². The molecule has 0 unspecified atom stereocenters. The Morgan fingerprint density at radius 2 is 2.05 bits per heavy atom. The molecule has 1 fully saturated rings. The van der Waals surface area contributed by atoms with Gasteiger partial charge in [-0.05, 0) is 37.3 Å². The van der Waals surface area contributed by atoms with Gasteiger partial charge in [-0.3, -0.25) is 5.84 Å². The summed E-state index contributed by atoms with van der Waals surface area (Å²) in [7, 11) is -3.54. The van der Waals surface area contributed by atoms with E-state index in [1.165, 1.54) is 18.9 Å². The molecule has 0 radical (unpaired) electrons. The normalized spacial score (nSPS) is 15.2. The molecule has 0 atom stereocenters. The van der Waals surface area contributed by atoms with E-state index >= 15 is 0 Å². The van der Waals surface area contributed by atoms with Gasteiger partial charge in [0.05, 0.1) is 5.69 Å². The summed E-state index contributed by atoms with van der Waals surface area (Å²) in [5.74, 6) is 6.04. The second-order valence-electron chi connectivity index (χ2n) is 4.91. The molecule has 7 heteroatoms. The number of nitrogen functional groups attached to an aromatic ring is 1. The maximum absolute atomic E-state index is 12.1. The Bertz CT molecular complexity index is 529. The highest BCUT2D eigenvalue weighted by Gasteiger charge is 2.21. The molecule has 2 rings (SSSR count). The topological polar surface area (TPSA) is 93.5 Å². The highest BCUT2D eigenvalue weighted by atomic mass is 32.2. The van der Waals surface area contributed by atoms with Crippen molar-refractivity contribution >= 4 is 15.7 Å². The molecule has 1 aliphatic rings. The van der Waals surface area contributed by atoms with Gasteiger partial charge in [0.1, 0.15) is 4.90 Å². The fraction of sp³-hybridized carbons (Fsp3) is 0.538. The van der Waals surface area contributed by atoms with Crippen molar-refractivity contribution in [2.24, 2.45) is 11.8 Å². The Balaban J connectivity index is 1.77. The first-order valence-corrected chi connectivity index (χ1v) is 8.25. The van der Waals surface area contributed by atoms with E-state index in [0.29, 0.717) is 25.3 Å². The van der Waals surface area contributed by atoms with Crippen LogP contribution in [-0.4, -0.2) is 28.2 Å². The predicted molar refractivity (Wildman–Crippen MR) is 77.6 cm³/mol. The average Bonchev–Trinajstić information content (AvgIpc) is 3.26. The highest BCUT2D eigenvalue weighted by molar-refractivity contribution is 7.89. The Morgan fingerprint density at radius 3 is 2.75 bits per heavy atom. The summed E-state index contributed by atoms with van der Waals surface area (Å²) < 4.78 is 32.2. The van der Waals surface area contributed by atoms with Crippen molar-refractivity contribution in [1.29, 1.82) is 0 Å². The third-order valence-corrected chi connectivity index (χ3v) is 4.66. The standard InChI is InChI=1S/C13H21N3O3S/c14-16-12-4-1-2-5-13(12)20(17,18)15-8-3-9-19-10-11-6-7-11/h1-2,4-5,11,15-16H,3,6-10,14H2. The average molecular weight is 299 g/mol. The molecule has 20 heavy (non-hydrogen) atoms. The maximum Gasteiger partial charge on any atom is 0.242 e. The molecular weight excluding hydrogens is 278 g/mol. The zero-order valence-electron chi connectivity index (χ0n) is 11.3. The maximum atomic E-state index is 12.1. The quantitative estimate of drug-likeness (QED) is 0.360. The third kappa shape index (κ3) is 4.45. The summed E-state index contributed by atoms with van der Waals surface area (Å²) in [6.45, 7) is 1.73. The number of rotatable bonds is 9. The third-order valence-electron chi connectivity index (χ3n) is 3.14. The molecular formula is C13H21N3O3S. The molecule has 0 spiro atoms. The minimum Gasteiger partial charge on any atom is -0.381 e. The second-order valence-corrected chi connectivity index (χ2v) is 6.65. The molecule has 0 bridgehead atoms. The van der Waals surface area contributed by atoms with Crippen molar-refractivity contribution in [3.63, 3.8) is 0 Å². The Labute approximate surface area is 119 Å². The molecule has 0 amide bonds. The Morgan fingerprint density at radius 1 is 1.30 bits per heavy atom. The van der Waals surface area contributed by atoms with E-state index in [0.717, 1.165) is 12.5 Å². The van der Waals surface area contributed by atoms with E-state index in [4.69, 9.17) is 10.6 Å². The largest absolute Gasteiger partial charge is 0.381 e. The number of para-hydroxylation sites is 1. The van der Waals surface area contributed by atoms with Crippen molar-refractivity contribution < 1.29 is 13.2 Å². The second kappa shape index (κ2) is 7.03. The van der Waals surface area contributed by atoms with Gasteiger partial charge in [0.2, 0.25) is 10.0 Å². The number of anilines is 1. The summed E-state index contributed by atoms with van der Waals surface area (Å²) in [6, 6.07) is 6.52. The molecule has 0 aliphatic heterocycles. The predicted octanol–water partition coefficient (Wildman–Crippen LogP) is 1.07. The van der Waals surface area contributed by atoms with Crippen LogP contribution in [0.2, 0.25) is 0 Å². The van der Waals surface area contributed by atoms with E-state index in [2.05, 4.69) is 10.1 Å². The number of nitrogens with one attached hydrogen (secondary N) is 2. The fourth-order valence-corrected chi connectivity index (χ4v) is 3.06. The molecule has 6 nitrogen and oxygen atoms in total. The number of hydrogen-bond donors (Lipinski definition) is 3. The molecule has 0 aromatic heterocycles. The van der Waals surface area contributed by atoms with Crippen molar-refractivity contribution in [2.75, 3.05) is 25.2 Å². The van der Waals surface area contributed by atoms with Crippen LogP contribution in [0.5, 0.6) is 0 Å². The SMILES string of the molecule is NNc1ccccc1S(=O)(=O)NCCCOCC1CC1. The van der Waals surface area contributed by atoms with Crippen LogP contribution in [0.1, 0.15) is 19.3 Å². The van der Waals surface area contributed by atoms with Gasteiger partial charge in [-0.2, -0.15) is 0 Å². The lowest BCUT2D eigenvalue weighted by atomic mass is 10.3. The highest BCUT2D eigenvalue weighted by Crippen LogP contribution is 2.28.